The fourth-order valence-electron chi connectivity index (χ4n) is 3.15. The summed E-state index contributed by atoms with van der Waals surface area (Å²) in [6, 6.07) is 16.4. The number of benzene rings is 2. The largest absolute Gasteiger partial charge is 0.488 e. The number of likely N-dealkylation sites (tertiary alicyclic amines) is 1. The predicted molar refractivity (Wildman–Crippen MR) is 101 cm³/mol. The fourth-order valence-corrected chi connectivity index (χ4v) is 3.15. The highest BCUT2D eigenvalue weighted by atomic mass is 16.5. The van der Waals surface area contributed by atoms with E-state index in [4.69, 9.17) is 4.74 Å². The summed E-state index contributed by atoms with van der Waals surface area (Å²) >= 11 is 0. The van der Waals surface area contributed by atoms with Gasteiger partial charge in [0.15, 0.2) is 0 Å². The minimum atomic E-state index is -0.788. The van der Waals surface area contributed by atoms with Crippen LogP contribution in [0.1, 0.15) is 29.3 Å². The second-order valence-electron chi connectivity index (χ2n) is 6.67. The summed E-state index contributed by atoms with van der Waals surface area (Å²) in [7, 11) is 0. The SMILES string of the molecule is CC(=O)N1CC[C@@H](NC(=O)c2ccccc2OCc2ccccc2)[C@H](O)C1. The van der Waals surface area contributed by atoms with Gasteiger partial charge in [0, 0.05) is 20.0 Å². The Morgan fingerprint density at radius 1 is 1.15 bits per heavy atom. The van der Waals surface area contributed by atoms with Crippen molar-refractivity contribution < 1.29 is 19.4 Å². The summed E-state index contributed by atoms with van der Waals surface area (Å²) in [5.74, 6) is 0.131. The lowest BCUT2D eigenvalue weighted by atomic mass is 10.0. The number of hydrogen-bond acceptors (Lipinski definition) is 4. The molecule has 27 heavy (non-hydrogen) atoms. The molecule has 2 aromatic carbocycles. The molecule has 142 valence electrons. The molecule has 0 saturated carbocycles. The number of hydrogen-bond donors (Lipinski definition) is 2. The lowest BCUT2D eigenvalue weighted by molar-refractivity contribution is -0.132. The molecule has 2 aromatic rings. The zero-order chi connectivity index (χ0) is 19.2. The number of carbonyl (C=O) groups excluding carboxylic acids is 2. The predicted octanol–water partition coefficient (Wildman–Crippen LogP) is 1.98. The van der Waals surface area contributed by atoms with Gasteiger partial charge in [-0.15, -0.1) is 0 Å². The summed E-state index contributed by atoms with van der Waals surface area (Å²) in [6.07, 6.45) is -0.275. The quantitative estimate of drug-likeness (QED) is 0.846. The maximum absolute atomic E-state index is 12.7. The lowest BCUT2D eigenvalue weighted by Gasteiger charge is -2.35. The Morgan fingerprint density at radius 3 is 2.56 bits per heavy atom. The van der Waals surface area contributed by atoms with Gasteiger partial charge in [0.2, 0.25) is 5.91 Å². The number of para-hydroxylation sites is 1. The molecule has 1 fully saturated rings. The number of aliphatic hydroxyl groups is 1. The van der Waals surface area contributed by atoms with Crippen molar-refractivity contribution in [2.75, 3.05) is 13.1 Å². The van der Waals surface area contributed by atoms with E-state index in [0.29, 0.717) is 30.9 Å². The molecular formula is C21H24N2O4. The van der Waals surface area contributed by atoms with Gasteiger partial charge < -0.3 is 20.1 Å². The zero-order valence-corrected chi connectivity index (χ0v) is 15.3. The van der Waals surface area contributed by atoms with Crippen LogP contribution in [0.3, 0.4) is 0 Å². The second kappa shape index (κ2) is 8.68. The van der Waals surface area contributed by atoms with Crippen molar-refractivity contribution >= 4 is 11.8 Å². The van der Waals surface area contributed by atoms with E-state index in [1.807, 2.05) is 36.4 Å². The van der Waals surface area contributed by atoms with Crippen LogP contribution in [0.5, 0.6) is 5.75 Å². The van der Waals surface area contributed by atoms with Crippen LogP contribution in [0.4, 0.5) is 0 Å². The van der Waals surface area contributed by atoms with Crippen LogP contribution in [0.25, 0.3) is 0 Å². The Labute approximate surface area is 158 Å². The van der Waals surface area contributed by atoms with E-state index in [-0.39, 0.29) is 18.4 Å². The number of rotatable bonds is 5. The average molecular weight is 368 g/mol. The van der Waals surface area contributed by atoms with Crippen LogP contribution in [0.15, 0.2) is 54.6 Å². The Morgan fingerprint density at radius 2 is 1.85 bits per heavy atom. The first-order valence-corrected chi connectivity index (χ1v) is 9.05. The Kier molecular flexibility index (Phi) is 6.08. The summed E-state index contributed by atoms with van der Waals surface area (Å²) in [5.41, 5.74) is 1.44. The van der Waals surface area contributed by atoms with Gasteiger partial charge in [0.05, 0.1) is 17.7 Å². The molecule has 0 unspecified atom stereocenters. The van der Waals surface area contributed by atoms with Crippen molar-refractivity contribution in [2.45, 2.75) is 32.1 Å². The molecule has 0 radical (unpaired) electrons. The first-order chi connectivity index (χ1) is 13.0. The summed E-state index contributed by atoms with van der Waals surface area (Å²) in [4.78, 5) is 25.7. The number of aliphatic hydroxyl groups excluding tert-OH is 1. The molecule has 2 N–H and O–H groups in total. The van der Waals surface area contributed by atoms with Gasteiger partial charge in [0.1, 0.15) is 12.4 Å². The van der Waals surface area contributed by atoms with Gasteiger partial charge in [0.25, 0.3) is 5.91 Å². The summed E-state index contributed by atoms with van der Waals surface area (Å²) < 4.78 is 5.83. The molecule has 6 nitrogen and oxygen atoms in total. The normalized spacial score (nSPS) is 19.4. The molecule has 0 aromatic heterocycles. The molecule has 1 aliphatic rings. The van der Waals surface area contributed by atoms with Gasteiger partial charge >= 0.3 is 0 Å². The number of nitrogens with zero attached hydrogens (tertiary/aromatic N) is 1. The van der Waals surface area contributed by atoms with Crippen LogP contribution in [0, 0.1) is 0 Å². The highest BCUT2D eigenvalue weighted by molar-refractivity contribution is 5.97. The van der Waals surface area contributed by atoms with Crippen LogP contribution in [-0.2, 0) is 11.4 Å². The van der Waals surface area contributed by atoms with E-state index in [1.54, 1.807) is 23.1 Å². The minimum absolute atomic E-state index is 0.0708. The van der Waals surface area contributed by atoms with Gasteiger partial charge in [-0.1, -0.05) is 42.5 Å². The number of ether oxygens (including phenoxy) is 1. The number of β-amino-alcohol motifs (C(OH)–C–C–N with tert-alkyl or cyclic N) is 1. The van der Waals surface area contributed by atoms with Crippen molar-refractivity contribution in [3.63, 3.8) is 0 Å². The second-order valence-corrected chi connectivity index (χ2v) is 6.67. The third-order valence-electron chi connectivity index (χ3n) is 4.71. The van der Waals surface area contributed by atoms with Crippen molar-refractivity contribution in [1.29, 1.82) is 0 Å². The molecule has 6 heteroatoms. The van der Waals surface area contributed by atoms with Crippen molar-refractivity contribution in [3.8, 4) is 5.75 Å². The molecule has 2 atom stereocenters. The first kappa shape index (κ1) is 18.9. The van der Waals surface area contributed by atoms with Gasteiger partial charge in [-0.05, 0) is 24.1 Å². The fraction of sp³-hybridized carbons (Fsp3) is 0.333. The topological polar surface area (TPSA) is 78.9 Å². The highest BCUT2D eigenvalue weighted by Crippen LogP contribution is 2.20. The molecule has 0 bridgehead atoms. The minimum Gasteiger partial charge on any atom is -0.488 e. The van der Waals surface area contributed by atoms with Gasteiger partial charge in [-0.3, -0.25) is 9.59 Å². The van der Waals surface area contributed by atoms with Gasteiger partial charge in [-0.25, -0.2) is 0 Å². The third kappa shape index (κ3) is 4.86. The van der Waals surface area contributed by atoms with Crippen molar-refractivity contribution in [1.82, 2.24) is 10.2 Å². The molecular weight excluding hydrogens is 344 g/mol. The van der Waals surface area contributed by atoms with E-state index in [1.165, 1.54) is 6.92 Å². The van der Waals surface area contributed by atoms with Crippen LogP contribution < -0.4 is 10.1 Å². The van der Waals surface area contributed by atoms with Crippen molar-refractivity contribution in [2.24, 2.45) is 0 Å². The maximum Gasteiger partial charge on any atom is 0.255 e. The van der Waals surface area contributed by atoms with Crippen LogP contribution in [-0.4, -0.2) is 47.1 Å². The highest BCUT2D eigenvalue weighted by Gasteiger charge is 2.30. The molecule has 1 heterocycles. The van der Waals surface area contributed by atoms with E-state index in [2.05, 4.69) is 5.32 Å². The molecule has 1 aliphatic heterocycles. The van der Waals surface area contributed by atoms with E-state index >= 15 is 0 Å². The van der Waals surface area contributed by atoms with Gasteiger partial charge in [-0.2, -0.15) is 0 Å². The Balaban J connectivity index is 1.64. The van der Waals surface area contributed by atoms with Crippen LogP contribution >= 0.6 is 0 Å². The monoisotopic (exact) mass is 368 g/mol. The molecule has 1 saturated heterocycles. The average Bonchev–Trinajstić information content (AvgIpc) is 2.68. The maximum atomic E-state index is 12.7. The summed E-state index contributed by atoms with van der Waals surface area (Å²) in [5, 5.41) is 13.1. The van der Waals surface area contributed by atoms with Crippen molar-refractivity contribution in [3.05, 3.63) is 65.7 Å². The molecule has 3 rings (SSSR count). The van der Waals surface area contributed by atoms with E-state index < -0.39 is 12.1 Å². The standard InChI is InChI=1S/C21H24N2O4/c1-15(24)23-12-11-18(19(25)13-23)22-21(26)17-9-5-6-10-20(17)27-14-16-7-3-2-4-8-16/h2-10,18-19,25H,11-14H2,1H3,(H,22,26)/t18-,19-/m1/s1. The van der Waals surface area contributed by atoms with E-state index in [9.17, 15) is 14.7 Å². The first-order valence-electron chi connectivity index (χ1n) is 9.05. The summed E-state index contributed by atoms with van der Waals surface area (Å²) in [6.45, 7) is 2.59. The number of carbonyl (C=O) groups is 2. The number of amides is 2. The smallest absolute Gasteiger partial charge is 0.255 e. The lowest BCUT2D eigenvalue weighted by Crippen LogP contribution is -2.55. The number of piperidine rings is 1. The zero-order valence-electron chi connectivity index (χ0n) is 15.3. The number of nitrogens with one attached hydrogen (secondary N) is 1. The third-order valence-corrected chi connectivity index (χ3v) is 4.71. The molecule has 2 amide bonds. The Bertz CT molecular complexity index is 794. The molecule has 0 aliphatic carbocycles. The Hall–Kier alpha value is -2.86. The molecule has 0 spiro atoms. The van der Waals surface area contributed by atoms with Crippen LogP contribution in [0.2, 0.25) is 0 Å². The van der Waals surface area contributed by atoms with E-state index in [0.717, 1.165) is 5.56 Å².